The maximum absolute atomic E-state index is 6.63. The molecule has 0 atom stereocenters. The van der Waals surface area contributed by atoms with Gasteiger partial charge < -0.3 is 5.73 Å². The average molecular weight is 231 g/mol. The summed E-state index contributed by atoms with van der Waals surface area (Å²) < 4.78 is 0. The lowest BCUT2D eigenvalue weighted by atomic mass is 9.80. The van der Waals surface area contributed by atoms with Crippen molar-refractivity contribution in [2.75, 3.05) is 0 Å². The van der Waals surface area contributed by atoms with Gasteiger partial charge in [-0.25, -0.2) is 0 Å². The summed E-state index contributed by atoms with van der Waals surface area (Å²) in [5.41, 5.74) is 9.51. The molecule has 1 aliphatic carbocycles. The van der Waals surface area contributed by atoms with Gasteiger partial charge in [-0.15, -0.1) is 0 Å². The smallest absolute Gasteiger partial charge is 0.0412 e. The van der Waals surface area contributed by atoms with Gasteiger partial charge in [0.25, 0.3) is 0 Å². The van der Waals surface area contributed by atoms with Crippen molar-refractivity contribution in [3.05, 3.63) is 35.4 Å². The van der Waals surface area contributed by atoms with Crippen molar-refractivity contribution in [1.29, 1.82) is 0 Å². The summed E-state index contributed by atoms with van der Waals surface area (Å²) in [5, 5.41) is 0. The molecule has 0 unspecified atom stereocenters. The van der Waals surface area contributed by atoms with Crippen molar-refractivity contribution in [1.82, 2.24) is 0 Å². The zero-order valence-electron chi connectivity index (χ0n) is 11.2. The van der Waals surface area contributed by atoms with Crippen LogP contribution < -0.4 is 5.73 Å². The molecule has 1 heteroatoms. The van der Waals surface area contributed by atoms with E-state index in [4.69, 9.17) is 5.73 Å². The topological polar surface area (TPSA) is 26.0 Å². The first-order chi connectivity index (χ1) is 8.21. The van der Waals surface area contributed by atoms with Crippen LogP contribution in [0.1, 0.15) is 69.4 Å². The van der Waals surface area contributed by atoms with Gasteiger partial charge in [-0.1, -0.05) is 51.0 Å². The summed E-state index contributed by atoms with van der Waals surface area (Å²) in [7, 11) is 0. The largest absolute Gasteiger partial charge is 0.321 e. The van der Waals surface area contributed by atoms with Gasteiger partial charge in [0.1, 0.15) is 0 Å². The second-order valence-electron chi connectivity index (χ2n) is 5.46. The molecular formula is C16H25N. The maximum Gasteiger partial charge on any atom is 0.0412 e. The molecule has 1 nitrogen and oxygen atoms in total. The molecule has 94 valence electrons. The molecule has 1 fully saturated rings. The molecule has 1 aromatic carbocycles. The standard InChI is InChI=1S/C16H25N/c1-3-13(4-2)14-9-5-6-10-15(14)16(17)11-7-8-12-16/h5-6,9-10,13H,3-4,7-8,11-12,17H2,1-2H3. The lowest BCUT2D eigenvalue weighted by Crippen LogP contribution is -2.34. The minimum atomic E-state index is -0.0425. The molecule has 2 N–H and O–H groups in total. The van der Waals surface area contributed by atoms with Crippen LogP contribution in [0.4, 0.5) is 0 Å². The summed E-state index contributed by atoms with van der Waals surface area (Å²) in [6, 6.07) is 8.86. The molecule has 0 heterocycles. The fourth-order valence-corrected chi connectivity index (χ4v) is 3.31. The van der Waals surface area contributed by atoms with Crippen molar-refractivity contribution in [2.45, 2.75) is 63.8 Å². The zero-order valence-corrected chi connectivity index (χ0v) is 11.2. The third-order valence-electron chi connectivity index (χ3n) is 4.42. The van der Waals surface area contributed by atoms with E-state index in [-0.39, 0.29) is 5.54 Å². The second kappa shape index (κ2) is 5.22. The van der Waals surface area contributed by atoms with Crippen LogP contribution in [-0.4, -0.2) is 0 Å². The second-order valence-corrected chi connectivity index (χ2v) is 5.46. The van der Waals surface area contributed by atoms with Gasteiger partial charge in [0.05, 0.1) is 0 Å². The number of benzene rings is 1. The highest BCUT2D eigenvalue weighted by atomic mass is 14.8. The molecule has 2 rings (SSSR count). The van der Waals surface area contributed by atoms with Crippen LogP contribution in [0, 0.1) is 0 Å². The van der Waals surface area contributed by atoms with Crippen molar-refractivity contribution in [3.63, 3.8) is 0 Å². The Bertz CT molecular complexity index is 360. The fraction of sp³-hybridized carbons (Fsp3) is 0.625. The zero-order chi connectivity index (χ0) is 12.3. The first-order valence-corrected chi connectivity index (χ1v) is 7.09. The molecule has 0 aromatic heterocycles. The van der Waals surface area contributed by atoms with Crippen molar-refractivity contribution in [2.24, 2.45) is 5.73 Å². The SMILES string of the molecule is CCC(CC)c1ccccc1C1(N)CCCC1. The van der Waals surface area contributed by atoms with Crippen LogP contribution in [0.5, 0.6) is 0 Å². The monoisotopic (exact) mass is 231 g/mol. The Morgan fingerprint density at radius 3 is 2.29 bits per heavy atom. The number of rotatable bonds is 4. The minimum Gasteiger partial charge on any atom is -0.321 e. The Labute approximate surface area is 105 Å². The van der Waals surface area contributed by atoms with Gasteiger partial charge in [-0.05, 0) is 42.7 Å². The lowest BCUT2D eigenvalue weighted by Gasteiger charge is -2.29. The Kier molecular flexibility index (Phi) is 3.88. The van der Waals surface area contributed by atoms with Crippen LogP contribution in [0.2, 0.25) is 0 Å². The number of hydrogen-bond acceptors (Lipinski definition) is 1. The maximum atomic E-state index is 6.63. The minimum absolute atomic E-state index is 0.0425. The molecular weight excluding hydrogens is 206 g/mol. The van der Waals surface area contributed by atoms with Gasteiger partial charge >= 0.3 is 0 Å². The average Bonchev–Trinajstić information content (AvgIpc) is 2.80. The summed E-state index contributed by atoms with van der Waals surface area (Å²) in [6.07, 6.45) is 7.31. The van der Waals surface area contributed by atoms with E-state index >= 15 is 0 Å². The van der Waals surface area contributed by atoms with Crippen LogP contribution in [0.25, 0.3) is 0 Å². The molecule has 0 aliphatic heterocycles. The van der Waals surface area contributed by atoms with Crippen LogP contribution in [-0.2, 0) is 5.54 Å². The van der Waals surface area contributed by atoms with Gasteiger partial charge in [0.15, 0.2) is 0 Å². The van der Waals surface area contributed by atoms with Gasteiger partial charge in [-0.3, -0.25) is 0 Å². The Hall–Kier alpha value is -0.820. The van der Waals surface area contributed by atoms with Crippen molar-refractivity contribution < 1.29 is 0 Å². The first kappa shape index (κ1) is 12.6. The lowest BCUT2D eigenvalue weighted by molar-refractivity contribution is 0.450. The van der Waals surface area contributed by atoms with E-state index in [1.165, 1.54) is 36.8 Å². The predicted molar refractivity (Wildman–Crippen MR) is 74.1 cm³/mol. The molecule has 17 heavy (non-hydrogen) atoms. The number of nitrogens with two attached hydrogens (primary N) is 1. The highest BCUT2D eigenvalue weighted by Gasteiger charge is 2.33. The Morgan fingerprint density at radius 1 is 1.12 bits per heavy atom. The van der Waals surface area contributed by atoms with Gasteiger partial charge in [0, 0.05) is 5.54 Å². The van der Waals surface area contributed by atoms with Gasteiger partial charge in [0.2, 0.25) is 0 Å². The third kappa shape index (κ3) is 2.40. The highest BCUT2D eigenvalue weighted by molar-refractivity contribution is 5.36. The molecule has 1 aromatic rings. The summed E-state index contributed by atoms with van der Waals surface area (Å²) >= 11 is 0. The van der Waals surface area contributed by atoms with E-state index in [1.807, 2.05) is 0 Å². The van der Waals surface area contributed by atoms with E-state index in [0.29, 0.717) is 5.92 Å². The number of hydrogen-bond donors (Lipinski definition) is 1. The highest BCUT2D eigenvalue weighted by Crippen LogP contribution is 2.40. The van der Waals surface area contributed by atoms with Crippen molar-refractivity contribution in [3.8, 4) is 0 Å². The van der Waals surface area contributed by atoms with E-state index < -0.39 is 0 Å². The Morgan fingerprint density at radius 2 is 1.71 bits per heavy atom. The molecule has 0 spiro atoms. The van der Waals surface area contributed by atoms with Crippen LogP contribution >= 0.6 is 0 Å². The molecule has 1 aliphatic rings. The van der Waals surface area contributed by atoms with Crippen molar-refractivity contribution >= 4 is 0 Å². The molecule has 1 saturated carbocycles. The Balaban J connectivity index is 2.39. The summed E-state index contributed by atoms with van der Waals surface area (Å²) in [5.74, 6) is 0.673. The van der Waals surface area contributed by atoms with E-state index in [9.17, 15) is 0 Å². The van der Waals surface area contributed by atoms with E-state index in [0.717, 1.165) is 12.8 Å². The molecule has 0 radical (unpaired) electrons. The quantitative estimate of drug-likeness (QED) is 0.820. The van der Waals surface area contributed by atoms with E-state index in [1.54, 1.807) is 0 Å². The summed E-state index contributed by atoms with van der Waals surface area (Å²) in [6.45, 7) is 4.56. The summed E-state index contributed by atoms with van der Waals surface area (Å²) in [4.78, 5) is 0. The predicted octanol–water partition coefficient (Wildman–Crippen LogP) is 4.32. The molecule has 0 amide bonds. The van der Waals surface area contributed by atoms with Crippen LogP contribution in [0.15, 0.2) is 24.3 Å². The molecule has 0 saturated heterocycles. The van der Waals surface area contributed by atoms with E-state index in [2.05, 4.69) is 38.1 Å². The third-order valence-corrected chi connectivity index (χ3v) is 4.42. The van der Waals surface area contributed by atoms with Gasteiger partial charge in [-0.2, -0.15) is 0 Å². The first-order valence-electron chi connectivity index (χ1n) is 7.09. The van der Waals surface area contributed by atoms with Crippen LogP contribution in [0.3, 0.4) is 0 Å². The fourth-order valence-electron chi connectivity index (χ4n) is 3.31. The normalized spacial score (nSPS) is 18.8. The molecule has 0 bridgehead atoms.